The van der Waals surface area contributed by atoms with Crippen LogP contribution in [0.15, 0.2) is 24.3 Å². The summed E-state index contributed by atoms with van der Waals surface area (Å²) in [6, 6.07) is 7.20. The third-order valence-corrected chi connectivity index (χ3v) is 2.02. The molecule has 84 valence electrons. The number of hydrogen-bond acceptors (Lipinski definition) is 5. The molecule has 2 rings (SSSR count). The van der Waals surface area contributed by atoms with Gasteiger partial charge in [-0.05, 0) is 22.9 Å². The van der Waals surface area contributed by atoms with Gasteiger partial charge in [-0.1, -0.05) is 12.1 Å². The summed E-state index contributed by atoms with van der Waals surface area (Å²) in [6.45, 7) is 0.318. The molecule has 1 N–H and O–H groups in total. The number of aryl methyl sites for hydroxylation is 1. The zero-order chi connectivity index (χ0) is 11.4. The highest BCUT2D eigenvalue weighted by Crippen LogP contribution is 2.12. The SMILES string of the molecule is Cn1nnc(COc2ccc(CO)cc2)n1. The van der Waals surface area contributed by atoms with E-state index >= 15 is 0 Å². The van der Waals surface area contributed by atoms with Crippen molar-refractivity contribution in [3.8, 4) is 5.75 Å². The second-order valence-corrected chi connectivity index (χ2v) is 3.29. The first-order valence-electron chi connectivity index (χ1n) is 4.83. The Labute approximate surface area is 92.5 Å². The maximum atomic E-state index is 8.87. The van der Waals surface area contributed by atoms with Crippen molar-refractivity contribution in [2.24, 2.45) is 7.05 Å². The van der Waals surface area contributed by atoms with Crippen LogP contribution in [-0.2, 0) is 20.3 Å². The molecule has 0 spiro atoms. The number of hydrogen-bond donors (Lipinski definition) is 1. The van der Waals surface area contributed by atoms with E-state index in [9.17, 15) is 0 Å². The number of tetrazole rings is 1. The number of rotatable bonds is 4. The van der Waals surface area contributed by atoms with E-state index < -0.39 is 0 Å². The smallest absolute Gasteiger partial charge is 0.212 e. The van der Waals surface area contributed by atoms with Gasteiger partial charge in [0.25, 0.3) is 0 Å². The molecule has 0 aliphatic rings. The van der Waals surface area contributed by atoms with Gasteiger partial charge < -0.3 is 9.84 Å². The third kappa shape index (κ3) is 2.54. The van der Waals surface area contributed by atoms with E-state index in [4.69, 9.17) is 9.84 Å². The van der Waals surface area contributed by atoms with Gasteiger partial charge in [0.05, 0.1) is 13.7 Å². The van der Waals surface area contributed by atoms with Crippen molar-refractivity contribution in [3.63, 3.8) is 0 Å². The molecule has 16 heavy (non-hydrogen) atoms. The quantitative estimate of drug-likeness (QED) is 0.801. The molecular formula is C10H12N4O2. The van der Waals surface area contributed by atoms with Crippen LogP contribution in [0.2, 0.25) is 0 Å². The molecule has 0 aliphatic heterocycles. The van der Waals surface area contributed by atoms with Crippen molar-refractivity contribution in [2.45, 2.75) is 13.2 Å². The first-order valence-corrected chi connectivity index (χ1v) is 4.83. The molecule has 0 bridgehead atoms. The van der Waals surface area contributed by atoms with Crippen LogP contribution in [0.3, 0.4) is 0 Å². The topological polar surface area (TPSA) is 73.1 Å². The summed E-state index contributed by atoms with van der Waals surface area (Å²) in [6.07, 6.45) is 0. The molecule has 1 aromatic carbocycles. The number of benzene rings is 1. The van der Waals surface area contributed by atoms with E-state index in [1.165, 1.54) is 4.80 Å². The second kappa shape index (κ2) is 4.71. The standard InChI is InChI=1S/C10H12N4O2/c1-14-12-10(11-13-14)7-16-9-4-2-8(6-15)3-5-9/h2-5,15H,6-7H2,1H3. The van der Waals surface area contributed by atoms with Crippen LogP contribution in [0.1, 0.15) is 11.4 Å². The monoisotopic (exact) mass is 220 g/mol. The third-order valence-electron chi connectivity index (χ3n) is 2.02. The molecule has 0 radical (unpaired) electrons. The second-order valence-electron chi connectivity index (χ2n) is 3.29. The van der Waals surface area contributed by atoms with Crippen molar-refractivity contribution >= 4 is 0 Å². The largest absolute Gasteiger partial charge is 0.485 e. The lowest BCUT2D eigenvalue weighted by atomic mass is 10.2. The molecule has 6 nitrogen and oxygen atoms in total. The molecule has 0 fully saturated rings. The van der Waals surface area contributed by atoms with Crippen LogP contribution in [0, 0.1) is 0 Å². The molecule has 1 aromatic heterocycles. The highest BCUT2D eigenvalue weighted by molar-refractivity contribution is 5.26. The Bertz CT molecular complexity index is 452. The van der Waals surface area contributed by atoms with Gasteiger partial charge in [-0.15, -0.1) is 10.2 Å². The summed E-state index contributed by atoms with van der Waals surface area (Å²) < 4.78 is 5.44. The molecule has 0 unspecified atom stereocenters. The molecule has 0 amide bonds. The minimum atomic E-state index is 0.0337. The van der Waals surface area contributed by atoms with Gasteiger partial charge in [0.15, 0.2) is 6.61 Å². The Morgan fingerprint density at radius 3 is 2.62 bits per heavy atom. The van der Waals surface area contributed by atoms with E-state index in [0.29, 0.717) is 11.6 Å². The molecule has 0 atom stereocenters. The van der Waals surface area contributed by atoms with Crippen molar-refractivity contribution < 1.29 is 9.84 Å². The lowest BCUT2D eigenvalue weighted by Crippen LogP contribution is -1.99. The average Bonchev–Trinajstić information content (AvgIpc) is 2.73. The summed E-state index contributed by atoms with van der Waals surface area (Å²) in [7, 11) is 1.70. The number of aliphatic hydroxyl groups excluding tert-OH is 1. The number of aromatic nitrogens is 4. The maximum Gasteiger partial charge on any atom is 0.212 e. The van der Waals surface area contributed by atoms with E-state index in [0.717, 1.165) is 5.56 Å². The van der Waals surface area contributed by atoms with Crippen LogP contribution in [0.25, 0.3) is 0 Å². The fourth-order valence-corrected chi connectivity index (χ4v) is 1.22. The average molecular weight is 220 g/mol. The molecule has 2 aromatic rings. The number of nitrogens with zero attached hydrogens (tertiary/aromatic N) is 4. The van der Waals surface area contributed by atoms with Gasteiger partial charge in [0, 0.05) is 0 Å². The maximum absolute atomic E-state index is 8.87. The van der Waals surface area contributed by atoms with Gasteiger partial charge in [-0.3, -0.25) is 0 Å². The van der Waals surface area contributed by atoms with Crippen LogP contribution < -0.4 is 4.74 Å². The van der Waals surface area contributed by atoms with Gasteiger partial charge in [0.1, 0.15) is 5.75 Å². The molecule has 0 saturated heterocycles. The van der Waals surface area contributed by atoms with Crippen molar-refractivity contribution in [1.29, 1.82) is 0 Å². The van der Waals surface area contributed by atoms with Crippen molar-refractivity contribution in [1.82, 2.24) is 20.2 Å². The Kier molecular flexibility index (Phi) is 3.11. The fourth-order valence-electron chi connectivity index (χ4n) is 1.22. The lowest BCUT2D eigenvalue weighted by molar-refractivity contribution is 0.280. The molecule has 0 saturated carbocycles. The predicted molar refractivity (Wildman–Crippen MR) is 55.5 cm³/mol. The van der Waals surface area contributed by atoms with Crippen LogP contribution in [-0.4, -0.2) is 25.3 Å². The Morgan fingerprint density at radius 1 is 1.31 bits per heavy atom. The summed E-state index contributed by atoms with van der Waals surface area (Å²) in [5, 5.41) is 20.4. The van der Waals surface area contributed by atoms with Gasteiger partial charge in [-0.25, -0.2) is 0 Å². The number of ether oxygens (including phenoxy) is 1. The predicted octanol–water partition coefficient (Wildman–Crippen LogP) is 0.281. The Morgan fingerprint density at radius 2 is 2.06 bits per heavy atom. The molecular weight excluding hydrogens is 208 g/mol. The minimum Gasteiger partial charge on any atom is -0.485 e. The Hall–Kier alpha value is -1.95. The first-order chi connectivity index (χ1) is 7.78. The zero-order valence-electron chi connectivity index (χ0n) is 8.87. The fraction of sp³-hybridized carbons (Fsp3) is 0.300. The lowest BCUT2D eigenvalue weighted by Gasteiger charge is -2.03. The van der Waals surface area contributed by atoms with Crippen molar-refractivity contribution in [3.05, 3.63) is 35.7 Å². The van der Waals surface area contributed by atoms with Gasteiger partial charge in [-0.2, -0.15) is 4.80 Å². The van der Waals surface area contributed by atoms with E-state index in [1.807, 2.05) is 0 Å². The molecule has 0 aliphatic carbocycles. The zero-order valence-corrected chi connectivity index (χ0v) is 8.87. The molecule has 6 heteroatoms. The summed E-state index contributed by atoms with van der Waals surface area (Å²) in [5.74, 6) is 1.25. The summed E-state index contributed by atoms with van der Waals surface area (Å²) in [4.78, 5) is 1.38. The van der Waals surface area contributed by atoms with Crippen LogP contribution in [0.4, 0.5) is 0 Å². The minimum absolute atomic E-state index is 0.0337. The van der Waals surface area contributed by atoms with E-state index in [-0.39, 0.29) is 13.2 Å². The highest BCUT2D eigenvalue weighted by Gasteiger charge is 2.01. The van der Waals surface area contributed by atoms with E-state index in [2.05, 4.69) is 15.4 Å². The number of aliphatic hydroxyl groups is 1. The first kappa shape index (κ1) is 10.6. The molecule has 1 heterocycles. The van der Waals surface area contributed by atoms with Crippen LogP contribution in [0.5, 0.6) is 5.75 Å². The van der Waals surface area contributed by atoms with Gasteiger partial charge >= 0.3 is 0 Å². The Balaban J connectivity index is 1.94. The van der Waals surface area contributed by atoms with Crippen LogP contribution >= 0.6 is 0 Å². The summed E-state index contributed by atoms with van der Waals surface area (Å²) >= 11 is 0. The van der Waals surface area contributed by atoms with Gasteiger partial charge in [0.2, 0.25) is 5.82 Å². The van der Waals surface area contributed by atoms with E-state index in [1.54, 1.807) is 31.3 Å². The normalized spacial score (nSPS) is 10.4. The summed E-state index contributed by atoms with van der Waals surface area (Å²) in [5.41, 5.74) is 0.852. The highest BCUT2D eigenvalue weighted by atomic mass is 16.5. The van der Waals surface area contributed by atoms with Crippen molar-refractivity contribution in [2.75, 3.05) is 0 Å².